The highest BCUT2D eigenvalue weighted by Gasteiger charge is 2.37. The predicted octanol–water partition coefficient (Wildman–Crippen LogP) is 3.09. The summed E-state index contributed by atoms with van der Waals surface area (Å²) in [7, 11) is 0. The maximum atomic E-state index is 14.4. The summed E-state index contributed by atoms with van der Waals surface area (Å²) in [6, 6.07) is 14.7. The number of aromatic nitrogens is 2. The summed E-state index contributed by atoms with van der Waals surface area (Å²) in [6.07, 6.45) is 0. The zero-order valence-corrected chi connectivity index (χ0v) is 13.8. The van der Waals surface area contributed by atoms with Gasteiger partial charge in [-0.05, 0) is 30.0 Å². The van der Waals surface area contributed by atoms with Gasteiger partial charge in [-0.1, -0.05) is 30.3 Å². The third-order valence-electron chi connectivity index (χ3n) is 5.39. The van der Waals surface area contributed by atoms with Crippen LogP contribution in [0.1, 0.15) is 0 Å². The molecule has 1 N–H and O–H groups in total. The number of nitrogens with zero attached hydrogens (tertiary/aromatic N) is 3. The Kier molecular flexibility index (Phi) is 3.41. The molecule has 126 valence electrons. The van der Waals surface area contributed by atoms with Crippen LogP contribution in [0.25, 0.3) is 22.2 Å². The zero-order valence-electron chi connectivity index (χ0n) is 13.8. The van der Waals surface area contributed by atoms with Crippen molar-refractivity contribution in [2.75, 3.05) is 31.1 Å². The number of benzene rings is 2. The molecule has 2 aliphatic rings. The van der Waals surface area contributed by atoms with Gasteiger partial charge in [-0.15, -0.1) is 0 Å². The topological polar surface area (TPSA) is 41.1 Å². The van der Waals surface area contributed by atoms with Crippen molar-refractivity contribution < 1.29 is 4.39 Å². The highest BCUT2D eigenvalue weighted by atomic mass is 19.1. The fourth-order valence-electron chi connectivity index (χ4n) is 4.08. The van der Waals surface area contributed by atoms with Crippen molar-refractivity contribution >= 4 is 16.9 Å². The number of hydrogen-bond donors (Lipinski definition) is 1. The standard InChI is InChI=1S/C20H19FN4/c21-17-7-3-1-5-15(17)19-16-6-2-4-8-18(16)23-20(24-19)25-11-13-9-22-10-14(13)12-25/h1-8,13-14,22H,9-12H2. The molecule has 2 fully saturated rings. The molecule has 5 rings (SSSR count). The monoisotopic (exact) mass is 334 g/mol. The van der Waals surface area contributed by atoms with Crippen molar-refractivity contribution in [3.63, 3.8) is 0 Å². The van der Waals surface area contributed by atoms with Gasteiger partial charge >= 0.3 is 0 Å². The van der Waals surface area contributed by atoms with Crippen molar-refractivity contribution in [1.82, 2.24) is 15.3 Å². The molecule has 1 aromatic heterocycles. The van der Waals surface area contributed by atoms with Gasteiger partial charge < -0.3 is 10.2 Å². The average Bonchev–Trinajstić information content (AvgIpc) is 3.23. The van der Waals surface area contributed by atoms with Gasteiger partial charge in [0.05, 0.1) is 11.2 Å². The van der Waals surface area contributed by atoms with Crippen LogP contribution in [0, 0.1) is 17.7 Å². The summed E-state index contributed by atoms with van der Waals surface area (Å²) in [5.41, 5.74) is 2.07. The van der Waals surface area contributed by atoms with Crippen molar-refractivity contribution in [3.8, 4) is 11.3 Å². The van der Waals surface area contributed by atoms with Crippen LogP contribution in [-0.4, -0.2) is 36.1 Å². The van der Waals surface area contributed by atoms with E-state index >= 15 is 0 Å². The predicted molar refractivity (Wildman–Crippen MR) is 97.0 cm³/mol. The minimum atomic E-state index is -0.250. The normalized spacial score (nSPS) is 22.5. The number of rotatable bonds is 2. The Balaban J connectivity index is 1.65. The maximum absolute atomic E-state index is 14.4. The van der Waals surface area contributed by atoms with Crippen LogP contribution in [0.4, 0.5) is 10.3 Å². The quantitative estimate of drug-likeness (QED) is 0.782. The third-order valence-corrected chi connectivity index (χ3v) is 5.39. The number of anilines is 1. The molecule has 0 amide bonds. The Morgan fingerprint density at radius 1 is 0.920 bits per heavy atom. The third kappa shape index (κ3) is 2.46. The van der Waals surface area contributed by atoms with E-state index in [1.807, 2.05) is 30.3 Å². The second-order valence-electron chi connectivity index (χ2n) is 6.95. The molecule has 2 aromatic carbocycles. The van der Waals surface area contributed by atoms with E-state index in [0.29, 0.717) is 29.0 Å². The van der Waals surface area contributed by atoms with E-state index in [1.165, 1.54) is 6.07 Å². The zero-order chi connectivity index (χ0) is 16.8. The van der Waals surface area contributed by atoms with E-state index in [2.05, 4.69) is 10.2 Å². The molecule has 2 atom stereocenters. The minimum absolute atomic E-state index is 0.250. The van der Waals surface area contributed by atoms with E-state index < -0.39 is 0 Å². The fourth-order valence-corrected chi connectivity index (χ4v) is 4.08. The van der Waals surface area contributed by atoms with E-state index in [9.17, 15) is 4.39 Å². The fraction of sp³-hybridized carbons (Fsp3) is 0.300. The molecule has 2 unspecified atom stereocenters. The van der Waals surface area contributed by atoms with Crippen LogP contribution in [0.5, 0.6) is 0 Å². The molecule has 0 spiro atoms. The molecule has 3 aromatic rings. The molecule has 0 radical (unpaired) electrons. The molecular formula is C20H19FN4. The lowest BCUT2D eigenvalue weighted by Gasteiger charge is -2.19. The second-order valence-corrected chi connectivity index (χ2v) is 6.95. The lowest BCUT2D eigenvalue weighted by Crippen LogP contribution is -2.27. The van der Waals surface area contributed by atoms with Crippen molar-refractivity contribution in [1.29, 1.82) is 0 Å². The molecule has 2 saturated heterocycles. The van der Waals surface area contributed by atoms with E-state index in [0.717, 1.165) is 37.1 Å². The van der Waals surface area contributed by atoms with Crippen LogP contribution in [0.15, 0.2) is 48.5 Å². The van der Waals surface area contributed by atoms with Gasteiger partial charge in [-0.2, -0.15) is 0 Å². The molecule has 5 heteroatoms. The van der Waals surface area contributed by atoms with Gasteiger partial charge in [-0.25, -0.2) is 14.4 Å². The maximum Gasteiger partial charge on any atom is 0.226 e. The van der Waals surface area contributed by atoms with Gasteiger partial charge in [0, 0.05) is 37.1 Å². The summed E-state index contributed by atoms with van der Waals surface area (Å²) in [4.78, 5) is 11.8. The molecule has 0 saturated carbocycles. The van der Waals surface area contributed by atoms with Crippen LogP contribution < -0.4 is 10.2 Å². The van der Waals surface area contributed by atoms with Gasteiger partial charge in [0.2, 0.25) is 5.95 Å². The largest absolute Gasteiger partial charge is 0.340 e. The van der Waals surface area contributed by atoms with E-state index in [1.54, 1.807) is 12.1 Å². The SMILES string of the molecule is Fc1ccccc1-c1nc(N2CC3CNCC3C2)nc2ccccc12. The number of para-hydroxylation sites is 1. The van der Waals surface area contributed by atoms with Gasteiger partial charge in [0.25, 0.3) is 0 Å². The first-order valence-electron chi connectivity index (χ1n) is 8.77. The molecule has 25 heavy (non-hydrogen) atoms. The molecule has 2 aliphatic heterocycles. The highest BCUT2D eigenvalue weighted by molar-refractivity contribution is 5.93. The summed E-state index contributed by atoms with van der Waals surface area (Å²) < 4.78 is 14.4. The number of hydrogen-bond acceptors (Lipinski definition) is 4. The second kappa shape index (κ2) is 5.77. The number of fused-ring (bicyclic) bond motifs is 2. The first kappa shape index (κ1) is 14.8. The van der Waals surface area contributed by atoms with Crippen molar-refractivity contribution in [2.24, 2.45) is 11.8 Å². The smallest absolute Gasteiger partial charge is 0.226 e. The highest BCUT2D eigenvalue weighted by Crippen LogP contribution is 2.33. The van der Waals surface area contributed by atoms with Crippen molar-refractivity contribution in [3.05, 3.63) is 54.3 Å². The van der Waals surface area contributed by atoms with Crippen LogP contribution >= 0.6 is 0 Å². The average molecular weight is 334 g/mol. The Morgan fingerprint density at radius 2 is 1.64 bits per heavy atom. The Hall–Kier alpha value is -2.53. The van der Waals surface area contributed by atoms with Gasteiger partial charge in [0.15, 0.2) is 0 Å². The summed E-state index contributed by atoms with van der Waals surface area (Å²) in [5, 5.41) is 4.34. The minimum Gasteiger partial charge on any atom is -0.340 e. The Bertz CT molecular complexity index is 930. The van der Waals surface area contributed by atoms with Crippen molar-refractivity contribution in [2.45, 2.75) is 0 Å². The summed E-state index contributed by atoms with van der Waals surface area (Å²) in [5.74, 6) is 1.78. The lowest BCUT2D eigenvalue weighted by molar-refractivity contribution is 0.533. The van der Waals surface area contributed by atoms with Crippen LogP contribution in [0.3, 0.4) is 0 Å². The van der Waals surface area contributed by atoms with Gasteiger partial charge in [-0.3, -0.25) is 0 Å². The lowest BCUT2D eigenvalue weighted by atomic mass is 10.0. The molecule has 3 heterocycles. The number of halogens is 1. The summed E-state index contributed by atoms with van der Waals surface area (Å²) in [6.45, 7) is 4.06. The van der Waals surface area contributed by atoms with Gasteiger partial charge in [0.1, 0.15) is 5.82 Å². The van der Waals surface area contributed by atoms with Crippen LogP contribution in [-0.2, 0) is 0 Å². The molecule has 0 aliphatic carbocycles. The molecule has 4 nitrogen and oxygen atoms in total. The van der Waals surface area contributed by atoms with E-state index in [-0.39, 0.29) is 5.82 Å². The number of nitrogens with one attached hydrogen (secondary N) is 1. The van der Waals surface area contributed by atoms with E-state index in [4.69, 9.17) is 9.97 Å². The van der Waals surface area contributed by atoms with Crippen LogP contribution in [0.2, 0.25) is 0 Å². The summed E-state index contributed by atoms with van der Waals surface area (Å²) >= 11 is 0. The Labute approximate surface area is 145 Å². The molecular weight excluding hydrogens is 315 g/mol. The first-order chi connectivity index (χ1) is 12.3. The first-order valence-corrected chi connectivity index (χ1v) is 8.77. The Morgan fingerprint density at radius 3 is 2.44 bits per heavy atom. The molecule has 0 bridgehead atoms.